The number of ether oxygens (including phenoxy) is 1. The van der Waals surface area contributed by atoms with E-state index < -0.39 is 0 Å². The molecule has 0 saturated carbocycles. The highest BCUT2D eigenvalue weighted by molar-refractivity contribution is 7.99. The standard InChI is InChI=1S/C19H21ClN2O3S/c1-22(11-18(23)21-16-4-3-5-17(10-16)25-2)19(24)13-26-12-14-6-8-15(20)9-7-14/h3-10H,11-13H2,1-2H3,(H,21,23). The van der Waals surface area contributed by atoms with Crippen molar-refractivity contribution in [3.8, 4) is 5.75 Å². The van der Waals surface area contributed by atoms with Crippen molar-refractivity contribution in [1.82, 2.24) is 4.90 Å². The molecule has 2 aromatic carbocycles. The summed E-state index contributed by atoms with van der Waals surface area (Å²) >= 11 is 7.35. The second-order valence-corrected chi connectivity index (χ2v) is 7.07. The number of anilines is 1. The molecule has 0 aliphatic heterocycles. The maximum Gasteiger partial charge on any atom is 0.243 e. The number of hydrogen-bond acceptors (Lipinski definition) is 4. The second-order valence-electron chi connectivity index (χ2n) is 5.65. The van der Waals surface area contributed by atoms with E-state index in [2.05, 4.69) is 5.32 Å². The van der Waals surface area contributed by atoms with Crippen molar-refractivity contribution in [2.45, 2.75) is 5.75 Å². The van der Waals surface area contributed by atoms with E-state index in [1.54, 1.807) is 38.4 Å². The minimum absolute atomic E-state index is 0.00243. The number of amides is 2. The van der Waals surface area contributed by atoms with Crippen LogP contribution in [0.4, 0.5) is 5.69 Å². The van der Waals surface area contributed by atoms with E-state index in [0.29, 0.717) is 28.0 Å². The lowest BCUT2D eigenvalue weighted by Crippen LogP contribution is -2.35. The summed E-state index contributed by atoms with van der Waals surface area (Å²) in [5, 5.41) is 3.45. The van der Waals surface area contributed by atoms with Crippen molar-refractivity contribution in [1.29, 1.82) is 0 Å². The number of carbonyl (C=O) groups excluding carboxylic acids is 2. The average molecular weight is 393 g/mol. The van der Waals surface area contributed by atoms with Gasteiger partial charge in [0.2, 0.25) is 11.8 Å². The molecular weight excluding hydrogens is 372 g/mol. The highest BCUT2D eigenvalue weighted by atomic mass is 35.5. The molecule has 7 heteroatoms. The van der Waals surface area contributed by atoms with E-state index in [4.69, 9.17) is 16.3 Å². The molecule has 0 saturated heterocycles. The lowest BCUT2D eigenvalue weighted by atomic mass is 10.2. The van der Waals surface area contributed by atoms with Crippen molar-refractivity contribution < 1.29 is 14.3 Å². The van der Waals surface area contributed by atoms with Crippen LogP contribution in [0.3, 0.4) is 0 Å². The predicted octanol–water partition coefficient (Wildman–Crippen LogP) is 3.68. The third kappa shape index (κ3) is 6.61. The van der Waals surface area contributed by atoms with Gasteiger partial charge in [-0.3, -0.25) is 9.59 Å². The monoisotopic (exact) mass is 392 g/mol. The normalized spacial score (nSPS) is 10.3. The third-order valence-electron chi connectivity index (χ3n) is 3.57. The Morgan fingerprint density at radius 3 is 2.62 bits per heavy atom. The number of nitrogens with one attached hydrogen (secondary N) is 1. The van der Waals surface area contributed by atoms with Crippen LogP contribution in [0.5, 0.6) is 5.75 Å². The van der Waals surface area contributed by atoms with Gasteiger partial charge in [0.05, 0.1) is 19.4 Å². The van der Waals surface area contributed by atoms with Gasteiger partial charge in [-0.15, -0.1) is 11.8 Å². The molecule has 0 aliphatic carbocycles. The fourth-order valence-corrected chi connectivity index (χ4v) is 3.20. The van der Waals surface area contributed by atoms with Gasteiger partial charge in [0, 0.05) is 29.6 Å². The van der Waals surface area contributed by atoms with Gasteiger partial charge in [0.15, 0.2) is 0 Å². The molecule has 1 N–H and O–H groups in total. The summed E-state index contributed by atoms with van der Waals surface area (Å²) in [5.41, 5.74) is 1.73. The Balaban J connectivity index is 1.74. The molecule has 2 rings (SSSR count). The number of hydrogen-bond donors (Lipinski definition) is 1. The number of benzene rings is 2. The molecule has 0 aromatic heterocycles. The van der Waals surface area contributed by atoms with E-state index in [-0.39, 0.29) is 18.4 Å². The molecule has 0 aliphatic rings. The molecule has 26 heavy (non-hydrogen) atoms. The maximum atomic E-state index is 12.2. The fourth-order valence-electron chi connectivity index (χ4n) is 2.15. The van der Waals surface area contributed by atoms with Crippen LogP contribution < -0.4 is 10.1 Å². The van der Waals surface area contributed by atoms with Crippen molar-refractivity contribution in [3.63, 3.8) is 0 Å². The molecule has 0 heterocycles. The number of rotatable bonds is 8. The van der Waals surface area contributed by atoms with Crippen LogP contribution in [0.25, 0.3) is 0 Å². The quantitative estimate of drug-likeness (QED) is 0.744. The Bertz CT molecular complexity index is 753. The Kier molecular flexibility index (Phi) is 7.81. The van der Waals surface area contributed by atoms with Gasteiger partial charge >= 0.3 is 0 Å². The minimum Gasteiger partial charge on any atom is -0.497 e. The zero-order chi connectivity index (χ0) is 18.9. The van der Waals surface area contributed by atoms with Gasteiger partial charge in [-0.2, -0.15) is 0 Å². The molecule has 5 nitrogen and oxygen atoms in total. The third-order valence-corrected chi connectivity index (χ3v) is 4.81. The summed E-state index contributed by atoms with van der Waals surface area (Å²) in [5.74, 6) is 1.34. The minimum atomic E-state index is -0.253. The zero-order valence-electron chi connectivity index (χ0n) is 14.7. The van der Waals surface area contributed by atoms with E-state index in [9.17, 15) is 9.59 Å². The van der Waals surface area contributed by atoms with Crippen LogP contribution in [0.15, 0.2) is 48.5 Å². The number of methoxy groups -OCH3 is 1. The maximum absolute atomic E-state index is 12.2. The molecule has 0 bridgehead atoms. The molecule has 2 amide bonds. The number of nitrogens with zero attached hydrogens (tertiary/aromatic N) is 1. The molecule has 0 atom stereocenters. The Morgan fingerprint density at radius 1 is 1.19 bits per heavy atom. The number of carbonyl (C=O) groups is 2. The second kappa shape index (κ2) is 10.1. The molecule has 0 radical (unpaired) electrons. The smallest absolute Gasteiger partial charge is 0.243 e. The number of thioether (sulfide) groups is 1. The fraction of sp³-hybridized carbons (Fsp3) is 0.263. The van der Waals surface area contributed by atoms with Gasteiger partial charge in [-0.05, 0) is 29.8 Å². The van der Waals surface area contributed by atoms with Gasteiger partial charge in [-0.25, -0.2) is 0 Å². The molecule has 0 fully saturated rings. The summed E-state index contributed by atoms with van der Waals surface area (Å²) in [6.07, 6.45) is 0. The highest BCUT2D eigenvalue weighted by Crippen LogP contribution is 2.17. The molecule has 2 aromatic rings. The molecule has 0 unspecified atom stereocenters. The summed E-state index contributed by atoms with van der Waals surface area (Å²) in [6, 6.07) is 14.6. The van der Waals surface area contributed by atoms with Crippen LogP contribution in [0.1, 0.15) is 5.56 Å². The van der Waals surface area contributed by atoms with Gasteiger partial charge in [0.25, 0.3) is 0 Å². The lowest BCUT2D eigenvalue weighted by Gasteiger charge is -2.17. The first-order valence-electron chi connectivity index (χ1n) is 7.98. The summed E-state index contributed by atoms with van der Waals surface area (Å²) in [6.45, 7) is -0.00243. The number of likely N-dealkylation sites (N-methyl/N-ethyl adjacent to an activating group) is 1. The largest absolute Gasteiger partial charge is 0.497 e. The molecular formula is C19H21ClN2O3S. The van der Waals surface area contributed by atoms with Crippen molar-refractivity contribution in [2.75, 3.05) is 31.8 Å². The van der Waals surface area contributed by atoms with Crippen molar-refractivity contribution >= 4 is 40.9 Å². The first-order valence-corrected chi connectivity index (χ1v) is 9.51. The van der Waals surface area contributed by atoms with E-state index in [1.165, 1.54) is 16.7 Å². The van der Waals surface area contributed by atoms with E-state index >= 15 is 0 Å². The van der Waals surface area contributed by atoms with Crippen LogP contribution in [-0.4, -0.2) is 43.2 Å². The topological polar surface area (TPSA) is 58.6 Å². The van der Waals surface area contributed by atoms with Gasteiger partial charge in [-0.1, -0.05) is 29.8 Å². The lowest BCUT2D eigenvalue weighted by molar-refractivity contribution is -0.131. The highest BCUT2D eigenvalue weighted by Gasteiger charge is 2.13. The van der Waals surface area contributed by atoms with Gasteiger partial charge < -0.3 is 15.0 Å². The summed E-state index contributed by atoms with van der Waals surface area (Å²) in [7, 11) is 3.19. The first-order chi connectivity index (χ1) is 12.5. The van der Waals surface area contributed by atoms with Crippen LogP contribution in [0.2, 0.25) is 5.02 Å². The van der Waals surface area contributed by atoms with Crippen molar-refractivity contribution in [2.24, 2.45) is 0 Å². The molecule has 138 valence electrons. The van der Waals surface area contributed by atoms with Gasteiger partial charge in [0.1, 0.15) is 5.75 Å². The molecule has 0 spiro atoms. The van der Waals surface area contributed by atoms with E-state index in [1.807, 2.05) is 24.3 Å². The number of halogens is 1. The van der Waals surface area contributed by atoms with Crippen LogP contribution in [0, 0.1) is 0 Å². The zero-order valence-corrected chi connectivity index (χ0v) is 16.3. The SMILES string of the molecule is COc1cccc(NC(=O)CN(C)C(=O)CSCc2ccc(Cl)cc2)c1. The van der Waals surface area contributed by atoms with Crippen LogP contribution >= 0.6 is 23.4 Å². The van der Waals surface area contributed by atoms with E-state index in [0.717, 1.165) is 5.56 Å². The Labute approximate surface area is 162 Å². The Hall–Kier alpha value is -2.18. The average Bonchev–Trinajstić information content (AvgIpc) is 2.63. The predicted molar refractivity (Wildman–Crippen MR) is 107 cm³/mol. The summed E-state index contributed by atoms with van der Waals surface area (Å²) in [4.78, 5) is 25.7. The Morgan fingerprint density at radius 2 is 1.92 bits per heavy atom. The van der Waals surface area contributed by atoms with Crippen LogP contribution in [-0.2, 0) is 15.3 Å². The van der Waals surface area contributed by atoms with Crippen molar-refractivity contribution in [3.05, 3.63) is 59.1 Å². The first kappa shape index (κ1) is 20.1. The summed E-state index contributed by atoms with van der Waals surface area (Å²) < 4.78 is 5.12.